The third-order valence-corrected chi connectivity index (χ3v) is 4.39. The van der Waals surface area contributed by atoms with Gasteiger partial charge in [-0.1, -0.05) is 6.07 Å². The number of terminal acetylenes is 1. The Hall–Kier alpha value is -2.46. The number of amides is 1. The second-order valence-corrected chi connectivity index (χ2v) is 6.40. The number of pyridine rings is 1. The Kier molecular flexibility index (Phi) is 5.61. The summed E-state index contributed by atoms with van der Waals surface area (Å²) in [7, 11) is 0. The second kappa shape index (κ2) is 8.08. The average molecular weight is 341 g/mol. The fourth-order valence-corrected chi connectivity index (χ4v) is 2.76. The molecule has 0 spiro atoms. The normalized spacial score (nSPS) is 20.0. The summed E-state index contributed by atoms with van der Waals surface area (Å²) in [5.74, 6) is 3.19. The molecule has 2 aliphatic heterocycles. The predicted molar refractivity (Wildman–Crippen MR) is 92.9 cm³/mol. The SMILES string of the molecule is C#CCCC1(CCC(=O)NCc2ccc(OC3CCNC3)nc2)N=N1. The molecule has 0 saturated carbocycles. The number of nitrogens with one attached hydrogen (secondary N) is 2. The van der Waals surface area contributed by atoms with Gasteiger partial charge in [0.05, 0.1) is 0 Å². The van der Waals surface area contributed by atoms with Gasteiger partial charge in [-0.05, 0) is 18.5 Å². The number of hydrogen-bond donors (Lipinski definition) is 2. The molecule has 25 heavy (non-hydrogen) atoms. The Morgan fingerprint density at radius 3 is 2.96 bits per heavy atom. The molecule has 1 amide bonds. The number of rotatable bonds is 9. The van der Waals surface area contributed by atoms with E-state index in [4.69, 9.17) is 11.2 Å². The van der Waals surface area contributed by atoms with Crippen LogP contribution in [-0.2, 0) is 11.3 Å². The molecular formula is C18H23N5O2. The highest BCUT2D eigenvalue weighted by atomic mass is 16.5. The van der Waals surface area contributed by atoms with Crippen molar-refractivity contribution in [3.05, 3.63) is 23.9 Å². The van der Waals surface area contributed by atoms with E-state index in [1.807, 2.05) is 12.1 Å². The molecule has 0 bridgehead atoms. The monoisotopic (exact) mass is 341 g/mol. The summed E-state index contributed by atoms with van der Waals surface area (Å²) < 4.78 is 5.78. The van der Waals surface area contributed by atoms with Crippen molar-refractivity contribution in [2.24, 2.45) is 10.2 Å². The van der Waals surface area contributed by atoms with E-state index < -0.39 is 5.66 Å². The van der Waals surface area contributed by atoms with Crippen LogP contribution in [0.15, 0.2) is 28.6 Å². The van der Waals surface area contributed by atoms with Crippen molar-refractivity contribution in [1.29, 1.82) is 0 Å². The molecule has 0 aliphatic carbocycles. The lowest BCUT2D eigenvalue weighted by molar-refractivity contribution is -0.121. The molecule has 7 nitrogen and oxygen atoms in total. The number of ether oxygens (including phenoxy) is 1. The van der Waals surface area contributed by atoms with Gasteiger partial charge in [0.15, 0.2) is 5.66 Å². The molecule has 2 aliphatic rings. The van der Waals surface area contributed by atoms with Crippen LogP contribution < -0.4 is 15.4 Å². The van der Waals surface area contributed by atoms with Crippen LogP contribution >= 0.6 is 0 Å². The highest BCUT2D eigenvalue weighted by Crippen LogP contribution is 2.37. The topological polar surface area (TPSA) is 88.0 Å². The number of carbonyl (C=O) groups excluding carboxylic acids is 1. The van der Waals surface area contributed by atoms with Gasteiger partial charge in [0.1, 0.15) is 6.10 Å². The first-order valence-electron chi connectivity index (χ1n) is 8.66. The summed E-state index contributed by atoms with van der Waals surface area (Å²) in [5, 5.41) is 14.2. The molecule has 7 heteroatoms. The fraction of sp³-hybridized carbons (Fsp3) is 0.556. The zero-order chi connectivity index (χ0) is 17.5. The van der Waals surface area contributed by atoms with Gasteiger partial charge >= 0.3 is 0 Å². The molecule has 1 fully saturated rings. The van der Waals surface area contributed by atoms with Crippen molar-refractivity contribution in [3.63, 3.8) is 0 Å². The smallest absolute Gasteiger partial charge is 0.220 e. The Labute approximate surface area is 147 Å². The van der Waals surface area contributed by atoms with Crippen LogP contribution in [0.5, 0.6) is 5.88 Å². The van der Waals surface area contributed by atoms with Gasteiger partial charge in [0.25, 0.3) is 0 Å². The zero-order valence-corrected chi connectivity index (χ0v) is 14.2. The first kappa shape index (κ1) is 17.4. The molecule has 2 N–H and O–H groups in total. The summed E-state index contributed by atoms with van der Waals surface area (Å²) in [6.07, 6.45) is 10.5. The number of aromatic nitrogens is 1. The van der Waals surface area contributed by atoms with Gasteiger partial charge in [-0.2, -0.15) is 10.2 Å². The summed E-state index contributed by atoms with van der Waals surface area (Å²) in [6.45, 7) is 2.29. The summed E-state index contributed by atoms with van der Waals surface area (Å²) >= 11 is 0. The molecule has 3 rings (SSSR count). The molecular weight excluding hydrogens is 318 g/mol. The van der Waals surface area contributed by atoms with Gasteiger partial charge < -0.3 is 15.4 Å². The lowest BCUT2D eigenvalue weighted by atomic mass is 10.0. The van der Waals surface area contributed by atoms with E-state index in [0.29, 0.717) is 31.7 Å². The molecule has 3 heterocycles. The van der Waals surface area contributed by atoms with Crippen molar-refractivity contribution >= 4 is 5.91 Å². The molecule has 1 aromatic heterocycles. The Balaban J connectivity index is 1.36. The predicted octanol–water partition coefficient (Wildman–Crippen LogP) is 1.79. The quantitative estimate of drug-likeness (QED) is 0.670. The molecule has 1 unspecified atom stereocenters. The van der Waals surface area contributed by atoms with Crippen LogP contribution in [0.3, 0.4) is 0 Å². The maximum atomic E-state index is 12.0. The van der Waals surface area contributed by atoms with Crippen LogP contribution in [0.25, 0.3) is 0 Å². The Bertz CT molecular complexity index is 653. The minimum Gasteiger partial charge on any atom is -0.473 e. The third kappa shape index (κ3) is 5.26. The van der Waals surface area contributed by atoms with Crippen LogP contribution in [0.1, 0.15) is 37.7 Å². The molecule has 132 valence electrons. The lowest BCUT2D eigenvalue weighted by Crippen LogP contribution is -2.25. The van der Waals surface area contributed by atoms with Gasteiger partial charge in [-0.15, -0.1) is 12.3 Å². The number of nitrogens with zero attached hydrogens (tertiary/aromatic N) is 3. The first-order chi connectivity index (χ1) is 12.2. The minimum absolute atomic E-state index is 0.0188. The average Bonchev–Trinajstić information content (AvgIpc) is 3.23. The van der Waals surface area contributed by atoms with E-state index in [1.54, 1.807) is 6.20 Å². The van der Waals surface area contributed by atoms with Crippen LogP contribution in [0, 0.1) is 12.3 Å². The van der Waals surface area contributed by atoms with Crippen molar-refractivity contribution < 1.29 is 9.53 Å². The summed E-state index contributed by atoms with van der Waals surface area (Å²) in [5.41, 5.74) is 0.535. The standard InChI is InChI=1S/C18H23N5O2/c1-2-3-8-18(22-23-18)9-6-16(24)20-11-14-4-5-17(21-12-14)25-15-7-10-19-13-15/h1,4-5,12,15,19H,3,6-11,13H2,(H,20,24). The summed E-state index contributed by atoms with van der Waals surface area (Å²) in [4.78, 5) is 16.3. The van der Waals surface area contributed by atoms with E-state index in [-0.39, 0.29) is 12.0 Å². The van der Waals surface area contributed by atoms with Crippen molar-refractivity contribution in [3.8, 4) is 18.2 Å². The largest absolute Gasteiger partial charge is 0.473 e. The maximum absolute atomic E-state index is 12.0. The highest BCUT2D eigenvalue weighted by Gasteiger charge is 2.39. The number of carbonyl (C=O) groups is 1. The van der Waals surface area contributed by atoms with Gasteiger partial charge in [0.2, 0.25) is 11.8 Å². The van der Waals surface area contributed by atoms with Crippen LogP contribution in [0.4, 0.5) is 0 Å². The molecule has 0 aromatic carbocycles. The Morgan fingerprint density at radius 1 is 1.44 bits per heavy atom. The van der Waals surface area contributed by atoms with E-state index in [2.05, 4.69) is 31.8 Å². The van der Waals surface area contributed by atoms with Gasteiger partial charge in [-0.3, -0.25) is 4.79 Å². The maximum Gasteiger partial charge on any atom is 0.220 e. The molecule has 1 saturated heterocycles. The van der Waals surface area contributed by atoms with E-state index >= 15 is 0 Å². The van der Waals surface area contributed by atoms with E-state index in [0.717, 1.165) is 31.5 Å². The second-order valence-electron chi connectivity index (χ2n) is 6.40. The fourth-order valence-electron chi connectivity index (χ4n) is 2.76. The van der Waals surface area contributed by atoms with Gasteiger partial charge in [0, 0.05) is 51.0 Å². The molecule has 1 atom stereocenters. The van der Waals surface area contributed by atoms with Crippen molar-refractivity contribution in [2.75, 3.05) is 13.1 Å². The Morgan fingerprint density at radius 2 is 2.32 bits per heavy atom. The van der Waals surface area contributed by atoms with E-state index in [9.17, 15) is 4.79 Å². The third-order valence-electron chi connectivity index (χ3n) is 4.39. The summed E-state index contributed by atoms with van der Waals surface area (Å²) in [6, 6.07) is 3.77. The molecule has 1 aromatic rings. The minimum atomic E-state index is -0.403. The van der Waals surface area contributed by atoms with Crippen molar-refractivity contribution in [2.45, 2.75) is 50.4 Å². The zero-order valence-electron chi connectivity index (χ0n) is 14.2. The number of hydrogen-bond acceptors (Lipinski definition) is 6. The highest BCUT2D eigenvalue weighted by molar-refractivity contribution is 5.76. The molecule has 0 radical (unpaired) electrons. The van der Waals surface area contributed by atoms with Crippen molar-refractivity contribution in [1.82, 2.24) is 15.6 Å². The first-order valence-corrected chi connectivity index (χ1v) is 8.66. The van der Waals surface area contributed by atoms with E-state index in [1.165, 1.54) is 0 Å². The van der Waals surface area contributed by atoms with Gasteiger partial charge in [-0.25, -0.2) is 4.98 Å². The van der Waals surface area contributed by atoms with Crippen LogP contribution in [-0.4, -0.2) is 35.7 Å². The lowest BCUT2D eigenvalue weighted by Gasteiger charge is -2.12. The van der Waals surface area contributed by atoms with Crippen LogP contribution in [0.2, 0.25) is 0 Å².